The molecule has 3 fully saturated rings. The Bertz CT molecular complexity index is 562. The van der Waals surface area contributed by atoms with Crippen molar-refractivity contribution in [1.29, 1.82) is 0 Å². The van der Waals surface area contributed by atoms with Crippen molar-refractivity contribution in [3.05, 3.63) is 24.4 Å². The fourth-order valence-electron chi connectivity index (χ4n) is 4.06. The maximum atomic E-state index is 12.7. The van der Waals surface area contributed by atoms with Gasteiger partial charge >= 0.3 is 0 Å². The summed E-state index contributed by atoms with van der Waals surface area (Å²) in [6.45, 7) is 0. The van der Waals surface area contributed by atoms with E-state index in [9.17, 15) is 9.59 Å². The van der Waals surface area contributed by atoms with Gasteiger partial charge in [0.2, 0.25) is 11.8 Å². The van der Waals surface area contributed by atoms with Crippen molar-refractivity contribution in [3.8, 4) is 0 Å². The third kappa shape index (κ3) is 1.49. The molecule has 0 radical (unpaired) electrons. The average molecular weight is 400 g/mol. The van der Waals surface area contributed by atoms with E-state index in [1.54, 1.807) is 24.4 Å². The number of pyridine rings is 1. The lowest BCUT2D eigenvalue weighted by Crippen LogP contribution is -2.37. The number of alkyl halides is 2. The number of imide groups is 1. The van der Waals surface area contributed by atoms with Gasteiger partial charge < -0.3 is 0 Å². The maximum Gasteiger partial charge on any atom is 0.239 e. The number of rotatable bonds is 1. The van der Waals surface area contributed by atoms with Gasteiger partial charge in [-0.2, -0.15) is 0 Å². The van der Waals surface area contributed by atoms with Gasteiger partial charge in [-0.25, -0.2) is 9.88 Å². The fraction of sp³-hybridized carbons (Fsp3) is 0.500. The summed E-state index contributed by atoms with van der Waals surface area (Å²) in [4.78, 5) is 31.3. The van der Waals surface area contributed by atoms with Crippen molar-refractivity contribution in [3.63, 3.8) is 0 Å². The molecule has 0 spiro atoms. The predicted octanol–water partition coefficient (Wildman–Crippen LogP) is 2.36. The lowest BCUT2D eigenvalue weighted by molar-refractivity contribution is -0.123. The highest BCUT2D eigenvalue weighted by atomic mass is 79.9. The molecule has 0 N–H and O–H groups in total. The Kier molecular flexibility index (Phi) is 2.83. The number of hydrogen-bond donors (Lipinski definition) is 0. The highest BCUT2D eigenvalue weighted by Crippen LogP contribution is 2.60. The molecule has 0 aromatic carbocycles. The number of anilines is 1. The standard InChI is InChI=1S/C14H12Br2N2O2/c15-11-6-5-7(12(11)16)10-9(6)13(19)18(14(10)20)8-3-1-2-4-17-8/h1-4,6-7,9-12H,5H2/t6-,7+,9+,10-,11+,12-. The normalized spacial score (nSPS) is 42.4. The van der Waals surface area contributed by atoms with E-state index < -0.39 is 0 Å². The van der Waals surface area contributed by atoms with Crippen LogP contribution in [0.15, 0.2) is 24.4 Å². The van der Waals surface area contributed by atoms with Crippen LogP contribution in [0.4, 0.5) is 5.82 Å². The summed E-state index contributed by atoms with van der Waals surface area (Å²) in [6, 6.07) is 5.30. The smallest absolute Gasteiger partial charge is 0.239 e. The van der Waals surface area contributed by atoms with Gasteiger partial charge in [-0.3, -0.25) is 9.59 Å². The molecule has 2 heterocycles. The maximum absolute atomic E-state index is 12.7. The molecular weight excluding hydrogens is 388 g/mol. The molecule has 1 aromatic heterocycles. The summed E-state index contributed by atoms with van der Waals surface area (Å²) in [7, 11) is 0. The third-order valence-corrected chi connectivity index (χ3v) is 8.07. The van der Waals surface area contributed by atoms with Gasteiger partial charge in [-0.1, -0.05) is 37.9 Å². The van der Waals surface area contributed by atoms with Crippen LogP contribution in [0, 0.1) is 23.7 Å². The second-order valence-electron chi connectivity index (χ2n) is 5.70. The van der Waals surface area contributed by atoms with E-state index in [1.165, 1.54) is 4.90 Å². The summed E-state index contributed by atoms with van der Waals surface area (Å²) in [5.41, 5.74) is 0. The number of carbonyl (C=O) groups excluding carboxylic acids is 2. The first-order valence-corrected chi connectivity index (χ1v) is 8.51. The number of aromatic nitrogens is 1. The number of carbonyl (C=O) groups is 2. The van der Waals surface area contributed by atoms with Crippen LogP contribution in [0.5, 0.6) is 0 Å². The van der Waals surface area contributed by atoms with E-state index in [2.05, 4.69) is 36.8 Å². The number of halogens is 2. The highest BCUT2D eigenvalue weighted by Gasteiger charge is 2.66. The lowest BCUT2D eigenvalue weighted by Gasteiger charge is -2.28. The Hall–Kier alpha value is -0.750. The van der Waals surface area contributed by atoms with Gasteiger partial charge in [0.1, 0.15) is 5.82 Å². The van der Waals surface area contributed by atoms with Crippen LogP contribution in [0.2, 0.25) is 0 Å². The number of hydrogen-bond acceptors (Lipinski definition) is 3. The molecule has 4 nitrogen and oxygen atoms in total. The quantitative estimate of drug-likeness (QED) is 0.538. The SMILES string of the molecule is O=C1[C@@H]2[C@@H]3C[C@@H]([C@H](Br)[C@@H]3Br)[C@@H]2C(=O)N1c1ccccn1. The van der Waals surface area contributed by atoms with Crippen LogP contribution in [0.3, 0.4) is 0 Å². The van der Waals surface area contributed by atoms with Crippen molar-refractivity contribution in [2.24, 2.45) is 23.7 Å². The molecule has 2 amide bonds. The molecule has 6 heteroatoms. The fourth-order valence-corrected chi connectivity index (χ4v) is 5.93. The number of amides is 2. The van der Waals surface area contributed by atoms with Crippen molar-refractivity contribution in [2.75, 3.05) is 4.90 Å². The van der Waals surface area contributed by atoms with Crippen molar-refractivity contribution in [2.45, 2.75) is 16.1 Å². The zero-order valence-corrected chi connectivity index (χ0v) is 13.6. The van der Waals surface area contributed by atoms with E-state index >= 15 is 0 Å². The summed E-state index contributed by atoms with van der Waals surface area (Å²) >= 11 is 7.35. The van der Waals surface area contributed by atoms with Crippen molar-refractivity contribution in [1.82, 2.24) is 4.98 Å². The second kappa shape index (κ2) is 4.37. The van der Waals surface area contributed by atoms with E-state index in [4.69, 9.17) is 0 Å². The summed E-state index contributed by atoms with van der Waals surface area (Å²) in [6.07, 6.45) is 2.56. The molecular formula is C14H12Br2N2O2. The zero-order valence-electron chi connectivity index (χ0n) is 10.4. The van der Waals surface area contributed by atoms with Crippen LogP contribution in [-0.2, 0) is 9.59 Å². The molecule has 2 aliphatic carbocycles. The molecule has 6 atom stereocenters. The van der Waals surface area contributed by atoms with E-state index in [0.29, 0.717) is 5.82 Å². The van der Waals surface area contributed by atoms with Gasteiger partial charge in [-0.15, -0.1) is 0 Å². The molecule has 3 aliphatic rings. The van der Waals surface area contributed by atoms with Crippen LogP contribution in [0.1, 0.15) is 6.42 Å². The second-order valence-corrected chi connectivity index (χ2v) is 7.82. The van der Waals surface area contributed by atoms with Crippen molar-refractivity contribution < 1.29 is 9.59 Å². The summed E-state index contributed by atoms with van der Waals surface area (Å²) < 4.78 is 0. The largest absolute Gasteiger partial charge is 0.274 e. The van der Waals surface area contributed by atoms with Gasteiger partial charge in [0.05, 0.1) is 11.8 Å². The molecule has 104 valence electrons. The van der Waals surface area contributed by atoms with Gasteiger partial charge in [0.25, 0.3) is 0 Å². The number of nitrogens with zero attached hydrogens (tertiary/aromatic N) is 2. The van der Waals surface area contributed by atoms with Crippen LogP contribution < -0.4 is 4.90 Å². The minimum Gasteiger partial charge on any atom is -0.274 e. The Labute approximate surface area is 133 Å². The average Bonchev–Trinajstić information content (AvgIpc) is 3.05. The molecule has 20 heavy (non-hydrogen) atoms. The first-order chi connectivity index (χ1) is 9.61. The topological polar surface area (TPSA) is 50.3 Å². The Balaban J connectivity index is 1.75. The number of fused-ring (bicyclic) bond motifs is 5. The van der Waals surface area contributed by atoms with E-state index in [-0.39, 0.29) is 45.1 Å². The molecule has 2 bridgehead atoms. The highest BCUT2D eigenvalue weighted by molar-refractivity contribution is 9.12. The zero-order chi connectivity index (χ0) is 14.0. The van der Waals surface area contributed by atoms with Crippen LogP contribution in [-0.4, -0.2) is 26.5 Å². The van der Waals surface area contributed by atoms with Crippen molar-refractivity contribution >= 4 is 49.5 Å². The van der Waals surface area contributed by atoms with Crippen LogP contribution >= 0.6 is 31.9 Å². The van der Waals surface area contributed by atoms with Crippen LogP contribution in [0.25, 0.3) is 0 Å². The van der Waals surface area contributed by atoms with Gasteiger partial charge in [-0.05, 0) is 30.4 Å². The molecule has 4 rings (SSSR count). The monoisotopic (exact) mass is 398 g/mol. The van der Waals surface area contributed by atoms with E-state index in [1.807, 2.05) is 0 Å². The van der Waals surface area contributed by atoms with Gasteiger partial charge in [0, 0.05) is 15.9 Å². The third-order valence-electron chi connectivity index (χ3n) is 4.87. The molecule has 2 saturated carbocycles. The molecule has 0 unspecified atom stereocenters. The molecule has 1 saturated heterocycles. The summed E-state index contributed by atoms with van der Waals surface area (Å²) in [5.74, 6) is 0.457. The Morgan fingerprint density at radius 3 is 2.15 bits per heavy atom. The minimum atomic E-state index is -0.173. The Morgan fingerprint density at radius 2 is 1.65 bits per heavy atom. The van der Waals surface area contributed by atoms with Gasteiger partial charge in [0.15, 0.2) is 0 Å². The minimum absolute atomic E-state index is 0.0740. The molecule has 1 aliphatic heterocycles. The van der Waals surface area contributed by atoms with E-state index in [0.717, 1.165) is 6.42 Å². The lowest BCUT2D eigenvalue weighted by atomic mass is 9.81. The Morgan fingerprint density at radius 1 is 1.05 bits per heavy atom. The first kappa shape index (κ1) is 13.0. The first-order valence-electron chi connectivity index (χ1n) is 6.68. The molecule has 1 aromatic rings. The predicted molar refractivity (Wildman–Crippen MR) is 80.7 cm³/mol. The summed E-state index contributed by atoms with van der Waals surface area (Å²) in [5, 5.41) is 0.